The normalized spacial score (nSPS) is 20.0. The molecule has 0 unspecified atom stereocenters. The molecule has 5 aromatic carbocycles. The first-order valence-electron chi connectivity index (χ1n) is 14.0. The number of fused-ring (bicyclic) bond motifs is 3. The molecule has 41 heavy (non-hydrogen) atoms. The van der Waals surface area contributed by atoms with E-state index in [1.165, 1.54) is 5.56 Å². The Morgan fingerprint density at radius 2 is 1.29 bits per heavy atom. The molecule has 0 saturated heterocycles. The first-order valence-corrected chi connectivity index (χ1v) is 14.8. The molecule has 0 fully saturated rings. The van der Waals surface area contributed by atoms with Crippen LogP contribution in [-0.4, -0.2) is 5.91 Å². The van der Waals surface area contributed by atoms with Crippen molar-refractivity contribution >= 4 is 28.9 Å². The molecule has 0 saturated carbocycles. The highest BCUT2D eigenvalue weighted by Crippen LogP contribution is 2.57. The largest absolute Gasteiger partial charge is 0.466 e. The molecule has 5 aromatic rings. The maximum absolute atomic E-state index is 15.1. The van der Waals surface area contributed by atoms with E-state index in [2.05, 4.69) is 60.7 Å². The average molecular weight is 552 g/mol. The van der Waals surface area contributed by atoms with Crippen LogP contribution in [0.2, 0.25) is 0 Å². The minimum Gasteiger partial charge on any atom is -0.466 e. The molecule has 2 aliphatic heterocycles. The molecule has 2 heterocycles. The molecule has 3 nitrogen and oxygen atoms in total. The van der Waals surface area contributed by atoms with E-state index in [-0.39, 0.29) is 11.2 Å². The highest BCUT2D eigenvalue weighted by molar-refractivity contribution is 7.99. The lowest BCUT2D eigenvalue weighted by atomic mass is 9.88. The van der Waals surface area contributed by atoms with Crippen molar-refractivity contribution in [2.75, 3.05) is 4.90 Å². The van der Waals surface area contributed by atoms with Gasteiger partial charge < -0.3 is 4.74 Å². The summed E-state index contributed by atoms with van der Waals surface area (Å²) >= 11 is 1.80. The van der Waals surface area contributed by atoms with Crippen LogP contribution in [0, 0.1) is 0 Å². The van der Waals surface area contributed by atoms with Crippen LogP contribution in [0.1, 0.15) is 33.9 Å². The number of ether oxygens (including phenoxy) is 1. The van der Waals surface area contributed by atoms with Gasteiger partial charge in [0.05, 0.1) is 11.3 Å². The van der Waals surface area contributed by atoms with Gasteiger partial charge in [-0.25, -0.2) is 0 Å². The number of hydrogen-bond donors (Lipinski definition) is 0. The number of amides is 1. The standard InChI is InChI=1S/C37H29NO2S/c39-36-35(29-19-9-3-10-20-29)32(25-27-15-5-1-6-16-27)40-37(30-21-11-4-12-22-30)26-34(28-17-7-2-8-18-28)41-33-24-14-13-23-31(33)38(36)37/h1-24,34H,25-26H2/t34-,37+/m0/s1. The van der Waals surface area contributed by atoms with Crippen LogP contribution in [0.25, 0.3) is 5.57 Å². The topological polar surface area (TPSA) is 29.5 Å². The number of allylic oxidation sites excluding steroid dienone is 1. The molecule has 0 bridgehead atoms. The third-order valence-corrected chi connectivity index (χ3v) is 9.18. The van der Waals surface area contributed by atoms with Crippen molar-refractivity contribution in [2.45, 2.75) is 28.7 Å². The Bertz CT molecular complexity index is 1700. The van der Waals surface area contributed by atoms with E-state index in [0.29, 0.717) is 24.2 Å². The van der Waals surface area contributed by atoms with Crippen LogP contribution in [0.5, 0.6) is 0 Å². The van der Waals surface area contributed by atoms with Gasteiger partial charge in [-0.3, -0.25) is 9.69 Å². The number of thioether (sulfide) groups is 1. The fraction of sp³-hybridized carbons (Fsp3) is 0.108. The minimum absolute atomic E-state index is 0.0426. The molecule has 0 N–H and O–H groups in total. The summed E-state index contributed by atoms with van der Waals surface area (Å²) < 4.78 is 7.37. The molecular formula is C37H29NO2S. The Morgan fingerprint density at radius 3 is 2.00 bits per heavy atom. The van der Waals surface area contributed by atoms with Gasteiger partial charge in [-0.2, -0.15) is 0 Å². The maximum atomic E-state index is 15.1. The van der Waals surface area contributed by atoms with Gasteiger partial charge in [0.2, 0.25) is 5.72 Å². The molecule has 0 aromatic heterocycles. The number of anilines is 1. The lowest BCUT2D eigenvalue weighted by Crippen LogP contribution is -2.55. The first-order chi connectivity index (χ1) is 20.2. The van der Waals surface area contributed by atoms with Crippen molar-refractivity contribution in [3.8, 4) is 0 Å². The number of carbonyl (C=O) groups is 1. The van der Waals surface area contributed by atoms with Crippen LogP contribution in [0.15, 0.2) is 156 Å². The lowest BCUT2D eigenvalue weighted by molar-refractivity contribution is -0.123. The first kappa shape index (κ1) is 25.4. The summed E-state index contributed by atoms with van der Waals surface area (Å²) in [4.78, 5) is 18.1. The van der Waals surface area contributed by atoms with Gasteiger partial charge in [0, 0.05) is 28.6 Å². The van der Waals surface area contributed by atoms with E-state index >= 15 is 4.79 Å². The molecule has 4 heteroatoms. The Labute approximate surface area is 245 Å². The molecule has 2 aliphatic rings. The number of carbonyl (C=O) groups excluding carboxylic acids is 1. The maximum Gasteiger partial charge on any atom is 0.265 e. The van der Waals surface area contributed by atoms with Crippen LogP contribution >= 0.6 is 11.8 Å². The Balaban J connectivity index is 1.51. The van der Waals surface area contributed by atoms with E-state index in [0.717, 1.165) is 27.3 Å². The quantitative estimate of drug-likeness (QED) is 0.219. The SMILES string of the molecule is O=C1C(c2ccccc2)=C(Cc2ccccc2)O[C@@]2(c3ccccc3)C[C@@H](c3ccccc3)Sc3ccccc3N12. The summed E-state index contributed by atoms with van der Waals surface area (Å²) in [7, 11) is 0. The summed E-state index contributed by atoms with van der Waals surface area (Å²) in [5, 5.41) is 0.0617. The predicted octanol–water partition coefficient (Wildman–Crippen LogP) is 8.79. The van der Waals surface area contributed by atoms with E-state index in [9.17, 15) is 0 Å². The molecule has 0 radical (unpaired) electrons. The van der Waals surface area contributed by atoms with Crippen LogP contribution in [-0.2, 0) is 21.7 Å². The van der Waals surface area contributed by atoms with Crippen LogP contribution < -0.4 is 4.90 Å². The lowest BCUT2D eigenvalue weighted by Gasteiger charge is -2.48. The Morgan fingerprint density at radius 1 is 0.707 bits per heavy atom. The van der Waals surface area contributed by atoms with E-state index < -0.39 is 5.72 Å². The Hall–Kier alpha value is -4.54. The number of benzene rings is 5. The minimum atomic E-state index is -1.04. The number of rotatable bonds is 5. The molecule has 200 valence electrons. The van der Waals surface area contributed by atoms with Gasteiger partial charge in [-0.1, -0.05) is 133 Å². The third kappa shape index (κ3) is 4.64. The summed E-state index contributed by atoms with van der Waals surface area (Å²) in [6.07, 6.45) is 1.11. The fourth-order valence-corrected chi connectivity index (χ4v) is 7.32. The number of nitrogens with zero attached hydrogens (tertiary/aromatic N) is 1. The highest BCUT2D eigenvalue weighted by atomic mass is 32.2. The average Bonchev–Trinajstić information content (AvgIpc) is 3.18. The summed E-state index contributed by atoms with van der Waals surface area (Å²) in [6, 6.07) is 49.3. The second kappa shape index (κ2) is 10.8. The van der Waals surface area contributed by atoms with E-state index in [4.69, 9.17) is 4.74 Å². The molecule has 0 aliphatic carbocycles. The zero-order chi connectivity index (χ0) is 27.6. The monoisotopic (exact) mass is 551 g/mol. The van der Waals surface area contributed by atoms with E-state index in [1.54, 1.807) is 11.8 Å². The summed E-state index contributed by atoms with van der Waals surface area (Å²) in [5.74, 6) is 0.655. The highest BCUT2D eigenvalue weighted by Gasteiger charge is 2.53. The molecule has 2 atom stereocenters. The summed E-state index contributed by atoms with van der Waals surface area (Å²) in [6.45, 7) is 0. The fourth-order valence-electron chi connectivity index (χ4n) is 5.97. The molecular weight excluding hydrogens is 522 g/mol. The number of hydrogen-bond acceptors (Lipinski definition) is 3. The van der Waals surface area contributed by atoms with Gasteiger partial charge in [-0.05, 0) is 28.8 Å². The van der Waals surface area contributed by atoms with Gasteiger partial charge in [0.25, 0.3) is 5.91 Å². The second-order valence-corrected chi connectivity index (χ2v) is 11.7. The molecule has 7 rings (SSSR count). The smallest absolute Gasteiger partial charge is 0.265 e. The predicted molar refractivity (Wildman–Crippen MR) is 166 cm³/mol. The van der Waals surface area contributed by atoms with Crippen molar-refractivity contribution in [1.82, 2.24) is 0 Å². The van der Waals surface area contributed by atoms with Crippen molar-refractivity contribution < 1.29 is 9.53 Å². The van der Waals surface area contributed by atoms with Crippen LogP contribution in [0.3, 0.4) is 0 Å². The van der Waals surface area contributed by atoms with Gasteiger partial charge >= 0.3 is 0 Å². The summed E-state index contributed by atoms with van der Waals surface area (Å²) in [5.41, 5.74) is 4.58. The van der Waals surface area contributed by atoms with Crippen molar-refractivity contribution in [3.63, 3.8) is 0 Å². The van der Waals surface area contributed by atoms with Crippen molar-refractivity contribution in [1.29, 1.82) is 0 Å². The van der Waals surface area contributed by atoms with Crippen LogP contribution in [0.4, 0.5) is 5.69 Å². The molecule has 1 amide bonds. The second-order valence-electron chi connectivity index (χ2n) is 10.4. The Kier molecular flexibility index (Phi) is 6.69. The third-order valence-electron chi connectivity index (χ3n) is 7.85. The van der Waals surface area contributed by atoms with E-state index in [1.807, 2.05) is 89.8 Å². The van der Waals surface area contributed by atoms with Gasteiger partial charge in [0.15, 0.2) is 0 Å². The van der Waals surface area contributed by atoms with Crippen molar-refractivity contribution in [3.05, 3.63) is 174 Å². The van der Waals surface area contributed by atoms with Gasteiger partial charge in [-0.15, -0.1) is 11.8 Å². The van der Waals surface area contributed by atoms with Gasteiger partial charge in [0.1, 0.15) is 5.76 Å². The zero-order valence-electron chi connectivity index (χ0n) is 22.5. The number of para-hydroxylation sites is 1. The zero-order valence-corrected chi connectivity index (χ0v) is 23.3. The van der Waals surface area contributed by atoms with Crippen molar-refractivity contribution in [2.24, 2.45) is 0 Å². The molecule has 0 spiro atoms.